The van der Waals surface area contributed by atoms with E-state index in [0.29, 0.717) is 34.6 Å². The summed E-state index contributed by atoms with van der Waals surface area (Å²) in [7, 11) is -1.39. The summed E-state index contributed by atoms with van der Waals surface area (Å²) < 4.78 is 4.84. The fourth-order valence-corrected chi connectivity index (χ4v) is 9.95. The van der Waals surface area contributed by atoms with Crippen molar-refractivity contribution in [1.82, 2.24) is 29.9 Å². The van der Waals surface area contributed by atoms with E-state index >= 15 is 0 Å². The molecule has 0 atom stereocenters. The summed E-state index contributed by atoms with van der Waals surface area (Å²) in [5.74, 6) is 3.22. The van der Waals surface area contributed by atoms with Crippen LogP contribution < -0.4 is 5.46 Å². The summed E-state index contributed by atoms with van der Waals surface area (Å²) in [5.41, 5.74) is 5.33. The molecule has 0 saturated heterocycles. The molecule has 67 heavy (non-hydrogen) atoms. The summed E-state index contributed by atoms with van der Waals surface area (Å²) in [6, 6.07) is 68.3. The van der Waals surface area contributed by atoms with Crippen molar-refractivity contribution in [2.24, 2.45) is 0 Å². The predicted molar refractivity (Wildman–Crippen MR) is 281 cm³/mol. The van der Waals surface area contributed by atoms with Gasteiger partial charge in [0, 0.05) is 68.2 Å². The third kappa shape index (κ3) is 10.0. The zero-order valence-electron chi connectivity index (χ0n) is 35.0. The standard InChI is InChI=1S/C27H17N3S.C15H10ClN3.C12H9BO2S.CH4/c1-3-9-18(10-4-1)25-28-26(19-11-5-2-6-12-19)30-27(29-25)20-15-16-22-21-13-7-8-14-23(21)31-24(22)17-20;16-15-18-13(11-7-3-1-4-8-11)17-14(19-15)12-9-5-2-6-10-12;14-13(15)8-5-6-10-9-3-1-2-4-11(9)16-12(10)7-8;/h1-17H;1-10H;1-7,14-15H;1H4. The van der Waals surface area contributed by atoms with E-state index < -0.39 is 7.12 Å². The van der Waals surface area contributed by atoms with Gasteiger partial charge in [-0.1, -0.05) is 189 Å². The zero-order chi connectivity index (χ0) is 44.8. The van der Waals surface area contributed by atoms with Crippen molar-refractivity contribution in [3.05, 3.63) is 212 Å². The zero-order valence-corrected chi connectivity index (χ0v) is 37.4. The first-order chi connectivity index (χ1) is 32.4. The Hall–Kier alpha value is -7.51. The maximum Gasteiger partial charge on any atom is 0.488 e. The van der Waals surface area contributed by atoms with Gasteiger partial charge in [-0.05, 0) is 41.3 Å². The van der Waals surface area contributed by atoms with Crippen LogP contribution in [0.3, 0.4) is 0 Å². The van der Waals surface area contributed by atoms with Gasteiger partial charge in [-0.15, -0.1) is 22.7 Å². The molecule has 324 valence electrons. The summed E-state index contributed by atoms with van der Waals surface area (Å²) in [6.07, 6.45) is 0. The van der Waals surface area contributed by atoms with Gasteiger partial charge in [0.15, 0.2) is 29.1 Å². The molecule has 0 amide bonds. The van der Waals surface area contributed by atoms with E-state index in [-0.39, 0.29) is 12.7 Å². The Kier molecular flexibility index (Phi) is 13.6. The number of aromatic nitrogens is 6. The van der Waals surface area contributed by atoms with E-state index in [1.54, 1.807) is 28.7 Å². The van der Waals surface area contributed by atoms with Crippen LogP contribution in [0.15, 0.2) is 206 Å². The molecule has 0 aliphatic rings. The van der Waals surface area contributed by atoms with Gasteiger partial charge in [0.2, 0.25) is 5.28 Å². The number of rotatable bonds is 6. The van der Waals surface area contributed by atoms with Crippen LogP contribution in [0.25, 0.3) is 97.3 Å². The molecule has 0 unspecified atom stereocenters. The maximum atomic E-state index is 9.12. The fourth-order valence-electron chi connectivity index (χ4n) is 7.49. The molecular weight excluding hydrogens is 887 g/mol. The lowest BCUT2D eigenvalue weighted by atomic mass is 9.80. The molecule has 8 nitrogen and oxygen atoms in total. The number of nitrogens with zero attached hydrogens (tertiary/aromatic N) is 6. The van der Waals surface area contributed by atoms with Crippen LogP contribution in [-0.2, 0) is 0 Å². The number of benzene rings is 8. The average Bonchev–Trinajstić information content (AvgIpc) is 3.95. The highest BCUT2D eigenvalue weighted by molar-refractivity contribution is 7.26. The molecule has 0 aliphatic carbocycles. The molecule has 0 fully saturated rings. The molecular formula is C55H40BClN6O2S2. The van der Waals surface area contributed by atoms with Crippen LogP contribution in [0.2, 0.25) is 5.28 Å². The second-order valence-corrected chi connectivity index (χ2v) is 17.6. The van der Waals surface area contributed by atoms with E-state index in [0.717, 1.165) is 32.5 Å². The molecule has 0 saturated carbocycles. The Morgan fingerprint density at radius 1 is 0.328 bits per heavy atom. The lowest BCUT2D eigenvalue weighted by Crippen LogP contribution is -2.29. The van der Waals surface area contributed by atoms with Crippen LogP contribution in [0, 0.1) is 0 Å². The van der Waals surface area contributed by atoms with E-state index in [2.05, 4.69) is 69.5 Å². The molecule has 0 radical (unpaired) electrons. The summed E-state index contributed by atoms with van der Waals surface area (Å²) in [6.45, 7) is 0. The lowest BCUT2D eigenvalue weighted by molar-refractivity contribution is 0.426. The third-order valence-corrected chi connectivity index (χ3v) is 13.1. The molecule has 4 aromatic heterocycles. The molecule has 0 aliphatic heterocycles. The lowest BCUT2D eigenvalue weighted by Gasteiger charge is -2.08. The SMILES string of the molecule is C.Clc1nc(-c2ccccc2)nc(-c2ccccc2)n1.OB(O)c1ccc2c(c1)sc1ccccc12.c1ccc(-c2nc(-c3ccccc3)nc(-c3ccc4c(c3)sc3ccccc34)n2)cc1. The summed E-state index contributed by atoms with van der Waals surface area (Å²) in [4.78, 5) is 27.3. The van der Waals surface area contributed by atoms with Gasteiger partial charge in [-0.2, -0.15) is 9.97 Å². The number of fused-ring (bicyclic) bond motifs is 6. The quantitative estimate of drug-likeness (QED) is 0.158. The van der Waals surface area contributed by atoms with Crippen molar-refractivity contribution in [3.63, 3.8) is 0 Å². The number of hydrogen-bond donors (Lipinski definition) is 2. The van der Waals surface area contributed by atoms with Gasteiger partial charge in [-0.3, -0.25) is 0 Å². The second kappa shape index (κ2) is 20.3. The third-order valence-electron chi connectivity index (χ3n) is 10.7. The van der Waals surface area contributed by atoms with Crippen molar-refractivity contribution in [2.45, 2.75) is 7.43 Å². The number of halogens is 1. The number of hydrogen-bond acceptors (Lipinski definition) is 10. The van der Waals surface area contributed by atoms with Crippen molar-refractivity contribution >= 4 is 87.2 Å². The van der Waals surface area contributed by atoms with Crippen molar-refractivity contribution in [3.8, 4) is 56.9 Å². The summed E-state index contributed by atoms with van der Waals surface area (Å²) in [5, 5.41) is 23.4. The molecule has 8 aromatic carbocycles. The van der Waals surface area contributed by atoms with Crippen molar-refractivity contribution in [2.75, 3.05) is 0 Å². The molecule has 12 rings (SSSR count). The predicted octanol–water partition coefficient (Wildman–Crippen LogP) is 13.5. The van der Waals surface area contributed by atoms with Gasteiger partial charge in [-0.25, -0.2) is 19.9 Å². The van der Waals surface area contributed by atoms with Crippen LogP contribution >= 0.6 is 34.3 Å². The normalized spacial score (nSPS) is 10.8. The van der Waals surface area contributed by atoms with E-state index in [1.165, 1.54) is 35.6 Å². The molecule has 4 heterocycles. The largest absolute Gasteiger partial charge is 0.488 e. The van der Waals surface area contributed by atoms with Crippen LogP contribution in [0.5, 0.6) is 0 Å². The Bertz CT molecular complexity index is 3480. The first-order valence-electron chi connectivity index (χ1n) is 21.0. The highest BCUT2D eigenvalue weighted by Crippen LogP contribution is 2.37. The van der Waals surface area contributed by atoms with E-state index in [4.69, 9.17) is 36.6 Å². The molecule has 2 N–H and O–H groups in total. The van der Waals surface area contributed by atoms with E-state index in [1.807, 2.05) is 146 Å². The van der Waals surface area contributed by atoms with Gasteiger partial charge >= 0.3 is 7.12 Å². The minimum atomic E-state index is -1.39. The van der Waals surface area contributed by atoms with Crippen LogP contribution in [0.1, 0.15) is 7.43 Å². The minimum Gasteiger partial charge on any atom is -0.423 e. The average molecular weight is 927 g/mol. The monoisotopic (exact) mass is 926 g/mol. The molecule has 12 heteroatoms. The first-order valence-corrected chi connectivity index (χ1v) is 23.0. The number of thiophene rings is 2. The Morgan fingerprint density at radius 3 is 1.07 bits per heavy atom. The Morgan fingerprint density at radius 2 is 0.657 bits per heavy atom. The van der Waals surface area contributed by atoms with Gasteiger partial charge in [0.25, 0.3) is 0 Å². The summed E-state index contributed by atoms with van der Waals surface area (Å²) >= 11 is 9.46. The highest BCUT2D eigenvalue weighted by Gasteiger charge is 2.15. The molecule has 0 spiro atoms. The fraction of sp³-hybridized carbons (Fsp3) is 0.0182. The Labute approximate surface area is 400 Å². The van der Waals surface area contributed by atoms with Gasteiger partial charge < -0.3 is 10.0 Å². The van der Waals surface area contributed by atoms with E-state index in [9.17, 15) is 0 Å². The van der Waals surface area contributed by atoms with Crippen molar-refractivity contribution < 1.29 is 10.0 Å². The van der Waals surface area contributed by atoms with Crippen LogP contribution in [-0.4, -0.2) is 47.1 Å². The molecule has 12 aromatic rings. The maximum absolute atomic E-state index is 9.12. The smallest absolute Gasteiger partial charge is 0.423 e. The highest BCUT2D eigenvalue weighted by atomic mass is 35.5. The van der Waals surface area contributed by atoms with Gasteiger partial charge in [0.05, 0.1) is 0 Å². The van der Waals surface area contributed by atoms with Gasteiger partial charge in [0.1, 0.15) is 0 Å². The van der Waals surface area contributed by atoms with Crippen molar-refractivity contribution in [1.29, 1.82) is 0 Å². The second-order valence-electron chi connectivity index (χ2n) is 15.1. The Balaban J connectivity index is 0.000000134. The minimum absolute atomic E-state index is 0. The topological polar surface area (TPSA) is 118 Å². The first kappa shape index (κ1) is 44.7. The molecule has 0 bridgehead atoms. The van der Waals surface area contributed by atoms with Crippen LogP contribution in [0.4, 0.5) is 0 Å².